The van der Waals surface area contributed by atoms with E-state index in [4.69, 9.17) is 0 Å². The summed E-state index contributed by atoms with van der Waals surface area (Å²) < 4.78 is 15.0. The van der Waals surface area contributed by atoms with Crippen LogP contribution in [0.4, 0.5) is 21.7 Å². The van der Waals surface area contributed by atoms with E-state index in [1.807, 2.05) is 12.1 Å². The summed E-state index contributed by atoms with van der Waals surface area (Å²) in [7, 11) is 0. The zero-order chi connectivity index (χ0) is 24.6. The van der Waals surface area contributed by atoms with Crippen LogP contribution in [0.1, 0.15) is 53.2 Å². The predicted molar refractivity (Wildman–Crippen MR) is 131 cm³/mol. The molecule has 1 unspecified atom stereocenters. The standard InChI is InChI=1S/C25H23FN8O2/c26-23-16(4-6-19(34-23)32-15-3-5-18(28-10-15)13-1-2-13)22(36)17-11-29-24-21(17)25(31-12-30-24)33-14-7-8-27-20(35)9-14/h3-6,10-14H,1-2,7-9H2,(H,27,35)(H,32,34)(H2,29,30,31,33). The minimum atomic E-state index is -0.891. The van der Waals surface area contributed by atoms with Crippen molar-refractivity contribution in [1.82, 2.24) is 30.2 Å². The first-order chi connectivity index (χ1) is 17.5. The maximum absolute atomic E-state index is 15.0. The fourth-order valence-corrected chi connectivity index (χ4v) is 4.42. The van der Waals surface area contributed by atoms with E-state index in [0.29, 0.717) is 41.4 Å². The minimum absolute atomic E-state index is 0.0501. The van der Waals surface area contributed by atoms with Crippen LogP contribution in [0.25, 0.3) is 11.0 Å². The van der Waals surface area contributed by atoms with Gasteiger partial charge in [-0.25, -0.2) is 15.0 Å². The molecule has 1 atom stereocenters. The molecule has 182 valence electrons. The van der Waals surface area contributed by atoms with Gasteiger partial charge in [0, 0.05) is 36.8 Å². The molecular weight excluding hydrogens is 463 g/mol. The van der Waals surface area contributed by atoms with Gasteiger partial charge in [-0.05, 0) is 43.5 Å². The highest BCUT2D eigenvalue weighted by Gasteiger charge is 2.26. The first-order valence-corrected chi connectivity index (χ1v) is 11.8. The van der Waals surface area contributed by atoms with Crippen LogP contribution in [-0.4, -0.2) is 49.2 Å². The molecule has 36 heavy (non-hydrogen) atoms. The monoisotopic (exact) mass is 486 g/mol. The van der Waals surface area contributed by atoms with Crippen LogP contribution in [-0.2, 0) is 4.79 Å². The summed E-state index contributed by atoms with van der Waals surface area (Å²) in [6, 6.07) is 6.66. The third-order valence-corrected chi connectivity index (χ3v) is 6.45. The number of piperidine rings is 1. The van der Waals surface area contributed by atoms with Crippen LogP contribution in [0, 0.1) is 5.95 Å². The fraction of sp³-hybridized carbons (Fsp3) is 0.280. The van der Waals surface area contributed by atoms with Crippen molar-refractivity contribution >= 4 is 40.0 Å². The maximum Gasteiger partial charge on any atom is 0.226 e. The lowest BCUT2D eigenvalue weighted by Gasteiger charge is -2.23. The van der Waals surface area contributed by atoms with Crippen LogP contribution in [0.2, 0.25) is 0 Å². The number of fused-ring (bicyclic) bond motifs is 1. The van der Waals surface area contributed by atoms with Crippen molar-refractivity contribution in [3.8, 4) is 0 Å². The minimum Gasteiger partial charge on any atom is -0.366 e. The van der Waals surface area contributed by atoms with Gasteiger partial charge in [0.15, 0.2) is 5.78 Å². The summed E-state index contributed by atoms with van der Waals surface area (Å²) in [5.74, 6) is -0.258. The summed E-state index contributed by atoms with van der Waals surface area (Å²) in [5, 5.41) is 9.50. The van der Waals surface area contributed by atoms with Gasteiger partial charge in [-0.1, -0.05) is 0 Å². The van der Waals surface area contributed by atoms with Gasteiger partial charge in [0.2, 0.25) is 11.9 Å². The first kappa shape index (κ1) is 22.1. The van der Waals surface area contributed by atoms with Gasteiger partial charge in [0.05, 0.1) is 28.4 Å². The summed E-state index contributed by atoms with van der Waals surface area (Å²) in [5.41, 5.74) is 2.23. The van der Waals surface area contributed by atoms with E-state index >= 15 is 4.39 Å². The largest absolute Gasteiger partial charge is 0.366 e. The number of hydrogen-bond donors (Lipinski definition) is 4. The van der Waals surface area contributed by atoms with Crippen molar-refractivity contribution in [1.29, 1.82) is 0 Å². The van der Waals surface area contributed by atoms with Crippen molar-refractivity contribution in [3.05, 3.63) is 65.8 Å². The molecule has 6 rings (SSSR count). The average Bonchev–Trinajstić information content (AvgIpc) is 3.63. The van der Waals surface area contributed by atoms with E-state index in [2.05, 4.69) is 40.9 Å². The van der Waals surface area contributed by atoms with Crippen LogP contribution >= 0.6 is 0 Å². The molecule has 2 aliphatic rings. The van der Waals surface area contributed by atoms with Gasteiger partial charge in [-0.3, -0.25) is 14.6 Å². The molecule has 1 saturated heterocycles. The number of hydrogen-bond acceptors (Lipinski definition) is 8. The summed E-state index contributed by atoms with van der Waals surface area (Å²) in [6.45, 7) is 0.557. The Morgan fingerprint density at radius 2 is 1.94 bits per heavy atom. The smallest absolute Gasteiger partial charge is 0.226 e. The highest BCUT2D eigenvalue weighted by Crippen LogP contribution is 2.39. The van der Waals surface area contributed by atoms with Crippen LogP contribution in [0.5, 0.6) is 0 Å². The Morgan fingerprint density at radius 3 is 2.69 bits per heavy atom. The maximum atomic E-state index is 15.0. The number of anilines is 3. The quantitative estimate of drug-likeness (QED) is 0.230. The molecule has 5 heterocycles. The Bertz CT molecular complexity index is 1460. The van der Waals surface area contributed by atoms with Gasteiger partial charge in [0.1, 0.15) is 23.6 Å². The van der Waals surface area contributed by atoms with E-state index in [1.54, 1.807) is 12.3 Å². The Morgan fingerprint density at radius 1 is 1.06 bits per heavy atom. The number of aromatic amines is 1. The summed E-state index contributed by atoms with van der Waals surface area (Å²) >= 11 is 0. The van der Waals surface area contributed by atoms with E-state index in [0.717, 1.165) is 12.1 Å². The zero-order valence-electron chi connectivity index (χ0n) is 19.2. The lowest BCUT2D eigenvalue weighted by molar-refractivity contribution is -0.122. The number of halogens is 1. The van der Waals surface area contributed by atoms with Crippen molar-refractivity contribution in [2.24, 2.45) is 0 Å². The van der Waals surface area contributed by atoms with E-state index in [9.17, 15) is 9.59 Å². The molecule has 11 heteroatoms. The number of nitrogens with zero attached hydrogens (tertiary/aromatic N) is 4. The fourth-order valence-electron chi connectivity index (χ4n) is 4.42. The van der Waals surface area contributed by atoms with Gasteiger partial charge >= 0.3 is 0 Å². The number of H-pyrrole nitrogens is 1. The van der Waals surface area contributed by atoms with Crippen molar-refractivity contribution in [2.75, 3.05) is 17.2 Å². The third kappa shape index (κ3) is 4.35. The number of carbonyl (C=O) groups is 2. The topological polar surface area (TPSA) is 138 Å². The Kier molecular flexibility index (Phi) is 5.51. The van der Waals surface area contributed by atoms with Gasteiger partial charge in [0.25, 0.3) is 0 Å². The Hall–Kier alpha value is -4.41. The lowest BCUT2D eigenvalue weighted by Crippen LogP contribution is -2.39. The molecule has 4 N–H and O–H groups in total. The highest BCUT2D eigenvalue weighted by atomic mass is 19.1. The van der Waals surface area contributed by atoms with Crippen LogP contribution in [0.15, 0.2) is 43.0 Å². The molecule has 1 aliphatic carbocycles. The second kappa shape index (κ2) is 8.99. The van der Waals surface area contributed by atoms with Crippen molar-refractivity contribution in [3.63, 3.8) is 0 Å². The molecule has 0 aromatic carbocycles. The normalized spacial score (nSPS) is 17.6. The van der Waals surface area contributed by atoms with Crippen LogP contribution < -0.4 is 16.0 Å². The molecule has 2 fully saturated rings. The van der Waals surface area contributed by atoms with Gasteiger partial charge in [-0.2, -0.15) is 4.39 Å². The second-order valence-corrected chi connectivity index (χ2v) is 9.07. The molecule has 4 aromatic heterocycles. The molecule has 0 bridgehead atoms. The number of pyridine rings is 2. The van der Waals surface area contributed by atoms with E-state index in [1.165, 1.54) is 31.4 Å². The van der Waals surface area contributed by atoms with E-state index in [-0.39, 0.29) is 28.9 Å². The summed E-state index contributed by atoms with van der Waals surface area (Å²) in [6.07, 6.45) is 7.90. The number of nitrogens with one attached hydrogen (secondary N) is 4. The van der Waals surface area contributed by atoms with Gasteiger partial charge in [-0.15, -0.1) is 0 Å². The first-order valence-electron chi connectivity index (χ1n) is 11.8. The lowest BCUT2D eigenvalue weighted by atomic mass is 10.0. The third-order valence-electron chi connectivity index (χ3n) is 6.45. The SMILES string of the molecule is O=C1CC(Nc2ncnc3[nH]cc(C(=O)c4ccc(Nc5ccc(C6CC6)nc5)nc4F)c23)CCN1. The van der Waals surface area contributed by atoms with Crippen LogP contribution in [0.3, 0.4) is 0 Å². The van der Waals surface area contributed by atoms with E-state index < -0.39 is 11.7 Å². The second-order valence-electron chi connectivity index (χ2n) is 9.07. The molecule has 4 aromatic rings. The van der Waals surface area contributed by atoms with Gasteiger partial charge < -0.3 is 20.9 Å². The molecule has 0 spiro atoms. The highest BCUT2D eigenvalue weighted by molar-refractivity contribution is 6.18. The molecule has 1 aliphatic heterocycles. The molecule has 10 nitrogen and oxygen atoms in total. The molecular formula is C25H23FN8O2. The molecule has 1 saturated carbocycles. The number of carbonyl (C=O) groups excluding carboxylic acids is 2. The summed E-state index contributed by atoms with van der Waals surface area (Å²) in [4.78, 5) is 44.9. The van der Waals surface area contributed by atoms with Crippen molar-refractivity contribution in [2.45, 2.75) is 37.6 Å². The Labute approximate surface area is 205 Å². The predicted octanol–water partition coefficient (Wildman–Crippen LogP) is 3.43. The Balaban J connectivity index is 1.24. The average molecular weight is 487 g/mol. The number of ketones is 1. The molecule has 1 amide bonds. The van der Waals surface area contributed by atoms with Crippen molar-refractivity contribution < 1.29 is 14.0 Å². The zero-order valence-corrected chi connectivity index (χ0v) is 19.2. The number of amides is 1. The number of aromatic nitrogens is 5. The number of rotatable bonds is 7. The molecule has 0 radical (unpaired) electrons.